The van der Waals surface area contributed by atoms with E-state index >= 15 is 0 Å². The van der Waals surface area contributed by atoms with Gasteiger partial charge in [0.2, 0.25) is 0 Å². The zero-order chi connectivity index (χ0) is 7.23. The van der Waals surface area contributed by atoms with Crippen molar-refractivity contribution in [2.45, 2.75) is 6.42 Å². The Hall–Kier alpha value is 0.270. The molecule has 0 aromatic rings. The number of thioether (sulfide) groups is 1. The van der Waals surface area contributed by atoms with E-state index in [4.69, 9.17) is 5.73 Å². The van der Waals surface area contributed by atoms with Gasteiger partial charge in [0.25, 0.3) is 0 Å². The molecule has 0 radical (unpaired) electrons. The summed E-state index contributed by atoms with van der Waals surface area (Å²) < 4.78 is 0. The topological polar surface area (TPSA) is 38.0 Å². The SMILES string of the molecule is NCCSCCC1CNC1. The van der Waals surface area contributed by atoms with E-state index in [0.717, 1.165) is 18.2 Å². The van der Waals surface area contributed by atoms with Crippen molar-refractivity contribution in [2.75, 3.05) is 31.1 Å². The van der Waals surface area contributed by atoms with Gasteiger partial charge in [0, 0.05) is 12.3 Å². The highest BCUT2D eigenvalue weighted by Crippen LogP contribution is 2.12. The van der Waals surface area contributed by atoms with Crippen molar-refractivity contribution >= 4 is 11.8 Å². The van der Waals surface area contributed by atoms with Crippen molar-refractivity contribution < 1.29 is 0 Å². The molecule has 3 N–H and O–H groups in total. The molecule has 0 atom stereocenters. The van der Waals surface area contributed by atoms with Crippen LogP contribution in [0.4, 0.5) is 0 Å². The maximum absolute atomic E-state index is 5.36. The van der Waals surface area contributed by atoms with E-state index in [1.54, 1.807) is 0 Å². The maximum Gasteiger partial charge on any atom is 0.00558 e. The summed E-state index contributed by atoms with van der Waals surface area (Å²) in [6.45, 7) is 3.31. The van der Waals surface area contributed by atoms with Crippen LogP contribution in [0.25, 0.3) is 0 Å². The molecule has 1 fully saturated rings. The number of nitrogens with one attached hydrogen (secondary N) is 1. The van der Waals surface area contributed by atoms with E-state index in [1.807, 2.05) is 11.8 Å². The first-order valence-corrected chi connectivity index (χ1v) is 5.07. The molecule has 2 nitrogen and oxygen atoms in total. The van der Waals surface area contributed by atoms with Gasteiger partial charge >= 0.3 is 0 Å². The highest BCUT2D eigenvalue weighted by atomic mass is 32.2. The number of rotatable bonds is 5. The van der Waals surface area contributed by atoms with Crippen molar-refractivity contribution in [3.8, 4) is 0 Å². The van der Waals surface area contributed by atoms with Crippen LogP contribution in [0.15, 0.2) is 0 Å². The molecule has 0 spiro atoms. The average Bonchev–Trinajstić information content (AvgIpc) is 1.84. The first kappa shape index (κ1) is 8.37. The monoisotopic (exact) mass is 160 g/mol. The lowest BCUT2D eigenvalue weighted by Crippen LogP contribution is -2.42. The second kappa shape index (κ2) is 4.99. The molecule has 3 heteroatoms. The zero-order valence-electron chi connectivity index (χ0n) is 6.31. The van der Waals surface area contributed by atoms with Gasteiger partial charge in [0.05, 0.1) is 0 Å². The lowest BCUT2D eigenvalue weighted by atomic mass is 10.0. The van der Waals surface area contributed by atoms with Gasteiger partial charge in [-0.1, -0.05) is 0 Å². The second-order valence-corrected chi connectivity index (χ2v) is 3.94. The lowest BCUT2D eigenvalue weighted by Gasteiger charge is -2.26. The van der Waals surface area contributed by atoms with Crippen molar-refractivity contribution in [1.82, 2.24) is 5.32 Å². The summed E-state index contributed by atoms with van der Waals surface area (Å²) in [6.07, 6.45) is 1.37. The van der Waals surface area contributed by atoms with E-state index in [-0.39, 0.29) is 0 Å². The van der Waals surface area contributed by atoms with E-state index in [0.29, 0.717) is 0 Å². The fourth-order valence-corrected chi connectivity index (χ4v) is 1.86. The Morgan fingerprint density at radius 2 is 2.20 bits per heavy atom. The third-order valence-corrected chi connectivity index (χ3v) is 2.85. The van der Waals surface area contributed by atoms with Gasteiger partial charge in [-0.25, -0.2) is 0 Å². The molecule has 0 unspecified atom stereocenters. The summed E-state index contributed by atoms with van der Waals surface area (Å²) in [5.74, 6) is 3.38. The fraction of sp³-hybridized carbons (Fsp3) is 1.00. The maximum atomic E-state index is 5.36. The summed E-state index contributed by atoms with van der Waals surface area (Å²) in [6, 6.07) is 0. The molecular formula is C7H16N2S. The highest BCUT2D eigenvalue weighted by Gasteiger charge is 2.15. The minimum atomic E-state index is 0.827. The Morgan fingerprint density at radius 1 is 1.40 bits per heavy atom. The van der Waals surface area contributed by atoms with Crippen LogP contribution in [0.3, 0.4) is 0 Å². The first-order valence-electron chi connectivity index (χ1n) is 3.92. The molecule has 0 saturated carbocycles. The van der Waals surface area contributed by atoms with Gasteiger partial charge < -0.3 is 11.1 Å². The summed E-state index contributed by atoms with van der Waals surface area (Å²) in [7, 11) is 0. The molecule has 1 heterocycles. The number of hydrogen-bond acceptors (Lipinski definition) is 3. The fourth-order valence-electron chi connectivity index (χ4n) is 0.988. The quantitative estimate of drug-likeness (QED) is 0.568. The molecule has 1 aliphatic rings. The Labute approximate surface area is 66.9 Å². The van der Waals surface area contributed by atoms with Crippen LogP contribution in [0.2, 0.25) is 0 Å². The third-order valence-electron chi connectivity index (χ3n) is 1.80. The molecular weight excluding hydrogens is 144 g/mol. The van der Waals surface area contributed by atoms with Crippen LogP contribution in [0.1, 0.15) is 6.42 Å². The van der Waals surface area contributed by atoms with E-state index in [1.165, 1.54) is 25.3 Å². The Morgan fingerprint density at radius 3 is 2.70 bits per heavy atom. The van der Waals surface area contributed by atoms with Gasteiger partial charge in [0.15, 0.2) is 0 Å². The number of hydrogen-bond donors (Lipinski definition) is 2. The summed E-state index contributed by atoms with van der Waals surface area (Å²) in [4.78, 5) is 0. The molecule has 1 aliphatic heterocycles. The Balaban J connectivity index is 1.76. The molecule has 0 aromatic heterocycles. The van der Waals surface area contributed by atoms with E-state index < -0.39 is 0 Å². The van der Waals surface area contributed by atoms with Crippen molar-refractivity contribution in [2.24, 2.45) is 11.7 Å². The number of nitrogens with two attached hydrogens (primary N) is 1. The van der Waals surface area contributed by atoms with Gasteiger partial charge in [-0.2, -0.15) is 11.8 Å². The molecule has 10 heavy (non-hydrogen) atoms. The van der Waals surface area contributed by atoms with Gasteiger partial charge in [0.1, 0.15) is 0 Å². The van der Waals surface area contributed by atoms with Crippen LogP contribution in [0, 0.1) is 5.92 Å². The minimum absolute atomic E-state index is 0.827. The molecule has 0 aromatic carbocycles. The molecule has 1 saturated heterocycles. The van der Waals surface area contributed by atoms with E-state index in [9.17, 15) is 0 Å². The highest BCUT2D eigenvalue weighted by molar-refractivity contribution is 7.99. The standard InChI is InChI=1S/C7H16N2S/c8-2-4-10-3-1-7-5-9-6-7/h7,9H,1-6,8H2. The van der Waals surface area contributed by atoms with E-state index in [2.05, 4.69) is 5.32 Å². The van der Waals surface area contributed by atoms with Crippen LogP contribution < -0.4 is 11.1 Å². The van der Waals surface area contributed by atoms with Gasteiger partial charge in [-0.15, -0.1) is 0 Å². The normalized spacial score (nSPS) is 18.9. The largest absolute Gasteiger partial charge is 0.330 e. The molecule has 0 aliphatic carbocycles. The van der Waals surface area contributed by atoms with Crippen LogP contribution in [-0.4, -0.2) is 31.1 Å². The lowest BCUT2D eigenvalue weighted by molar-refractivity contribution is 0.341. The molecule has 1 rings (SSSR count). The van der Waals surface area contributed by atoms with Crippen molar-refractivity contribution in [3.05, 3.63) is 0 Å². The summed E-state index contributed by atoms with van der Waals surface area (Å²) in [5, 5.41) is 3.27. The molecule has 0 bridgehead atoms. The van der Waals surface area contributed by atoms with Gasteiger partial charge in [-0.3, -0.25) is 0 Å². The average molecular weight is 160 g/mol. The van der Waals surface area contributed by atoms with Crippen molar-refractivity contribution in [3.63, 3.8) is 0 Å². The van der Waals surface area contributed by atoms with Crippen LogP contribution in [-0.2, 0) is 0 Å². The zero-order valence-corrected chi connectivity index (χ0v) is 7.12. The third kappa shape index (κ3) is 2.90. The molecule has 60 valence electrons. The predicted molar refractivity (Wildman–Crippen MR) is 47.4 cm³/mol. The van der Waals surface area contributed by atoms with Crippen molar-refractivity contribution in [1.29, 1.82) is 0 Å². The predicted octanol–water partition coefficient (Wildman–Crippen LogP) is 0.288. The van der Waals surface area contributed by atoms with Crippen LogP contribution in [0.5, 0.6) is 0 Å². The second-order valence-electron chi connectivity index (χ2n) is 2.71. The smallest absolute Gasteiger partial charge is 0.00558 e. The molecule has 0 amide bonds. The van der Waals surface area contributed by atoms with Gasteiger partial charge in [-0.05, 0) is 31.2 Å². The summed E-state index contributed by atoms with van der Waals surface area (Å²) >= 11 is 1.98. The first-order chi connectivity index (χ1) is 4.93. The Bertz CT molecular complexity index is 83.7. The minimum Gasteiger partial charge on any atom is -0.330 e. The Kier molecular flexibility index (Phi) is 4.18. The van der Waals surface area contributed by atoms with Crippen LogP contribution >= 0.6 is 11.8 Å². The summed E-state index contributed by atoms with van der Waals surface area (Å²) in [5.41, 5.74) is 5.36.